The molecule has 0 bridgehead atoms. The smallest absolute Gasteiger partial charge is 0.256 e. The maximum absolute atomic E-state index is 14.2. The molecule has 6 heteroatoms. The monoisotopic (exact) mass is 399 g/mol. The zero-order valence-electron chi connectivity index (χ0n) is 16.9. The number of hydrogen-bond acceptors (Lipinski definition) is 3. The summed E-state index contributed by atoms with van der Waals surface area (Å²) in [4.78, 5) is 19.6. The van der Waals surface area contributed by atoms with Crippen molar-refractivity contribution in [2.24, 2.45) is 0 Å². The molecule has 2 fully saturated rings. The molecule has 0 N–H and O–H groups in total. The van der Waals surface area contributed by atoms with Crippen LogP contribution >= 0.6 is 0 Å². The van der Waals surface area contributed by atoms with Gasteiger partial charge in [-0.2, -0.15) is 0 Å². The van der Waals surface area contributed by atoms with Gasteiger partial charge in [0, 0.05) is 50.8 Å². The van der Waals surface area contributed by atoms with Gasteiger partial charge in [0.25, 0.3) is 5.91 Å². The second kappa shape index (κ2) is 7.84. The van der Waals surface area contributed by atoms with Crippen LogP contribution in [0.5, 0.6) is 0 Å². The molecule has 2 aliphatic heterocycles. The van der Waals surface area contributed by atoms with Gasteiger partial charge in [0.15, 0.2) is 0 Å². The van der Waals surface area contributed by atoms with E-state index in [1.165, 1.54) is 18.2 Å². The van der Waals surface area contributed by atoms with Crippen LogP contribution in [0.15, 0.2) is 48.5 Å². The number of benzene rings is 2. The standard InChI is InChI=1S/C23H27F2N3O/c1-23(2)16-27(22(29)20-5-3-4-6-21(20)25)15-19-14-26(11-12-28(19)23)13-17-7-9-18(24)10-8-17/h3-10,19H,11-16H2,1-2H3. The molecule has 0 saturated carbocycles. The molecule has 1 unspecified atom stereocenters. The molecular formula is C23H27F2N3O. The molecule has 4 rings (SSSR count). The molecule has 1 amide bonds. The Morgan fingerprint density at radius 3 is 2.48 bits per heavy atom. The van der Waals surface area contributed by atoms with Crippen molar-refractivity contribution < 1.29 is 13.6 Å². The number of amides is 1. The van der Waals surface area contributed by atoms with Gasteiger partial charge in [-0.15, -0.1) is 0 Å². The molecule has 0 aromatic heterocycles. The average Bonchev–Trinajstić information content (AvgIpc) is 2.69. The van der Waals surface area contributed by atoms with Gasteiger partial charge in [0.1, 0.15) is 11.6 Å². The van der Waals surface area contributed by atoms with Crippen LogP contribution in [0.3, 0.4) is 0 Å². The Labute approximate surface area is 170 Å². The SMILES string of the molecule is CC1(C)CN(C(=O)c2ccccc2F)CC2CN(Cc3ccc(F)cc3)CCN21. The summed E-state index contributed by atoms with van der Waals surface area (Å²) in [6.07, 6.45) is 0. The summed E-state index contributed by atoms with van der Waals surface area (Å²) in [6.45, 7) is 8.88. The van der Waals surface area contributed by atoms with Gasteiger partial charge in [-0.05, 0) is 43.7 Å². The first kappa shape index (κ1) is 20.0. The zero-order chi connectivity index (χ0) is 20.6. The number of nitrogens with zero attached hydrogens (tertiary/aromatic N) is 3. The minimum absolute atomic E-state index is 0.135. The topological polar surface area (TPSA) is 26.8 Å². The number of carbonyl (C=O) groups excluding carboxylic acids is 1. The second-order valence-electron chi connectivity index (χ2n) is 8.69. The molecule has 4 nitrogen and oxygen atoms in total. The first-order valence-electron chi connectivity index (χ1n) is 10.1. The largest absolute Gasteiger partial charge is 0.335 e. The minimum atomic E-state index is -0.473. The van der Waals surface area contributed by atoms with Crippen LogP contribution in [0.1, 0.15) is 29.8 Å². The number of fused-ring (bicyclic) bond motifs is 1. The highest BCUT2D eigenvalue weighted by Crippen LogP contribution is 2.29. The average molecular weight is 399 g/mol. The Kier molecular flexibility index (Phi) is 5.40. The molecule has 1 atom stereocenters. The van der Waals surface area contributed by atoms with Crippen LogP contribution in [-0.2, 0) is 6.54 Å². The van der Waals surface area contributed by atoms with E-state index in [4.69, 9.17) is 0 Å². The van der Waals surface area contributed by atoms with Crippen LogP contribution in [0.2, 0.25) is 0 Å². The Hall–Kier alpha value is -2.31. The first-order valence-corrected chi connectivity index (χ1v) is 10.1. The fourth-order valence-corrected chi connectivity index (χ4v) is 4.70. The quantitative estimate of drug-likeness (QED) is 0.792. The third-order valence-electron chi connectivity index (χ3n) is 6.06. The van der Waals surface area contributed by atoms with Crippen molar-refractivity contribution in [1.82, 2.24) is 14.7 Å². The first-order chi connectivity index (χ1) is 13.8. The Morgan fingerprint density at radius 2 is 1.76 bits per heavy atom. The van der Waals surface area contributed by atoms with E-state index < -0.39 is 5.82 Å². The summed E-state index contributed by atoms with van der Waals surface area (Å²) >= 11 is 0. The molecule has 29 heavy (non-hydrogen) atoms. The summed E-state index contributed by atoms with van der Waals surface area (Å²) in [5.74, 6) is -0.944. The number of carbonyl (C=O) groups is 1. The van der Waals surface area contributed by atoms with E-state index in [1.54, 1.807) is 23.1 Å². The fourth-order valence-electron chi connectivity index (χ4n) is 4.70. The third kappa shape index (κ3) is 4.19. The highest BCUT2D eigenvalue weighted by atomic mass is 19.1. The predicted octanol–water partition coefficient (Wildman–Crippen LogP) is 3.39. The van der Waals surface area contributed by atoms with E-state index >= 15 is 0 Å². The van der Waals surface area contributed by atoms with Crippen molar-refractivity contribution in [3.63, 3.8) is 0 Å². The van der Waals surface area contributed by atoms with Gasteiger partial charge in [0.05, 0.1) is 5.56 Å². The van der Waals surface area contributed by atoms with Crippen molar-refractivity contribution in [1.29, 1.82) is 0 Å². The van der Waals surface area contributed by atoms with Crippen molar-refractivity contribution in [2.45, 2.75) is 32.0 Å². The maximum Gasteiger partial charge on any atom is 0.256 e. The number of piperazine rings is 2. The van der Waals surface area contributed by atoms with Gasteiger partial charge >= 0.3 is 0 Å². The predicted molar refractivity (Wildman–Crippen MR) is 109 cm³/mol. The van der Waals surface area contributed by atoms with Crippen molar-refractivity contribution >= 4 is 5.91 Å². The number of rotatable bonds is 3. The number of halogens is 2. The van der Waals surface area contributed by atoms with E-state index in [9.17, 15) is 13.6 Å². The summed E-state index contributed by atoms with van der Waals surface area (Å²) in [5.41, 5.74) is 1.04. The molecular weight excluding hydrogens is 372 g/mol. The van der Waals surface area contributed by atoms with Gasteiger partial charge in [-0.1, -0.05) is 24.3 Å². The molecule has 154 valence electrons. The van der Waals surface area contributed by atoms with Gasteiger partial charge in [0.2, 0.25) is 0 Å². The molecule has 2 aromatic carbocycles. The highest BCUT2D eigenvalue weighted by Gasteiger charge is 2.44. The summed E-state index contributed by atoms with van der Waals surface area (Å²) in [5, 5.41) is 0. The summed E-state index contributed by atoms with van der Waals surface area (Å²) < 4.78 is 27.3. The lowest BCUT2D eigenvalue weighted by molar-refractivity contribution is -0.0578. The molecule has 2 saturated heterocycles. The molecule has 0 aliphatic carbocycles. The van der Waals surface area contributed by atoms with Gasteiger partial charge in [-0.3, -0.25) is 14.6 Å². The molecule has 2 aliphatic rings. The van der Waals surface area contributed by atoms with Crippen LogP contribution in [0, 0.1) is 11.6 Å². The van der Waals surface area contributed by atoms with E-state index in [-0.39, 0.29) is 28.9 Å². The van der Waals surface area contributed by atoms with Crippen LogP contribution in [-0.4, -0.2) is 64.9 Å². The summed E-state index contributed by atoms with van der Waals surface area (Å²) in [7, 11) is 0. The van der Waals surface area contributed by atoms with E-state index in [0.29, 0.717) is 13.1 Å². The normalized spacial score (nSPS) is 22.3. The van der Waals surface area contributed by atoms with E-state index in [2.05, 4.69) is 23.6 Å². The second-order valence-corrected chi connectivity index (χ2v) is 8.69. The fraction of sp³-hybridized carbons (Fsp3) is 0.435. The van der Waals surface area contributed by atoms with Crippen LogP contribution < -0.4 is 0 Å². The lowest BCUT2D eigenvalue weighted by Gasteiger charge is -2.55. The third-order valence-corrected chi connectivity index (χ3v) is 6.06. The zero-order valence-corrected chi connectivity index (χ0v) is 16.9. The summed E-state index contributed by atoms with van der Waals surface area (Å²) in [6, 6.07) is 13.0. The Morgan fingerprint density at radius 1 is 1.03 bits per heavy atom. The minimum Gasteiger partial charge on any atom is -0.335 e. The van der Waals surface area contributed by atoms with Gasteiger partial charge in [-0.25, -0.2) is 8.78 Å². The lowest BCUT2D eigenvalue weighted by atomic mass is 9.92. The Bertz CT molecular complexity index is 884. The van der Waals surface area contributed by atoms with Crippen LogP contribution in [0.25, 0.3) is 0 Å². The van der Waals surface area contributed by atoms with Crippen molar-refractivity contribution in [3.05, 3.63) is 71.3 Å². The van der Waals surface area contributed by atoms with Crippen LogP contribution in [0.4, 0.5) is 8.78 Å². The number of hydrogen-bond donors (Lipinski definition) is 0. The van der Waals surface area contributed by atoms with Crippen molar-refractivity contribution in [3.8, 4) is 0 Å². The van der Waals surface area contributed by atoms with Gasteiger partial charge < -0.3 is 4.90 Å². The lowest BCUT2D eigenvalue weighted by Crippen LogP contribution is -2.70. The molecule has 0 radical (unpaired) electrons. The molecule has 0 spiro atoms. The van der Waals surface area contributed by atoms with Crippen molar-refractivity contribution in [2.75, 3.05) is 32.7 Å². The van der Waals surface area contributed by atoms with E-state index in [1.807, 2.05) is 12.1 Å². The highest BCUT2D eigenvalue weighted by molar-refractivity contribution is 5.94. The maximum atomic E-state index is 14.2. The molecule has 2 aromatic rings. The Balaban J connectivity index is 1.49. The molecule has 2 heterocycles. The van der Waals surface area contributed by atoms with E-state index in [0.717, 1.165) is 31.7 Å².